The minimum absolute atomic E-state index is 0.413. The molecule has 4 nitrogen and oxygen atoms in total. The van der Waals surface area contributed by atoms with Crippen LogP contribution in [0.25, 0.3) is 0 Å². The van der Waals surface area contributed by atoms with Crippen molar-refractivity contribution in [1.82, 2.24) is 15.3 Å². The maximum absolute atomic E-state index is 6.21. The lowest BCUT2D eigenvalue weighted by atomic mass is 10.2. The van der Waals surface area contributed by atoms with E-state index in [0.29, 0.717) is 16.1 Å². The number of hydrogen-bond donors (Lipinski definition) is 1. The predicted octanol–water partition coefficient (Wildman–Crippen LogP) is 3.71. The van der Waals surface area contributed by atoms with Gasteiger partial charge in [-0.15, -0.1) is 0 Å². The van der Waals surface area contributed by atoms with E-state index in [-0.39, 0.29) is 0 Å². The van der Waals surface area contributed by atoms with Crippen LogP contribution in [0.1, 0.15) is 24.5 Å². The maximum Gasteiger partial charge on any atom is 0.225 e. The lowest BCUT2D eigenvalue weighted by Crippen LogP contribution is -2.32. The number of nitrogens with one attached hydrogen (secondary N) is 1. The number of anilines is 1. The van der Waals surface area contributed by atoms with Crippen LogP contribution in [-0.4, -0.2) is 29.1 Å². The Morgan fingerprint density at radius 1 is 1.26 bits per heavy atom. The van der Waals surface area contributed by atoms with E-state index in [1.165, 1.54) is 5.56 Å². The molecule has 1 fully saturated rings. The fourth-order valence-corrected chi connectivity index (χ4v) is 3.20. The molecule has 1 atom stereocenters. The largest absolute Gasteiger partial charge is 0.339 e. The first-order valence-corrected chi connectivity index (χ1v) is 8.64. The van der Waals surface area contributed by atoms with E-state index in [1.54, 1.807) is 6.07 Å². The molecule has 122 valence electrons. The summed E-state index contributed by atoms with van der Waals surface area (Å²) in [5.74, 6) is 0.816. The molecule has 0 saturated carbocycles. The lowest BCUT2D eigenvalue weighted by molar-refractivity contribution is 0.551. The van der Waals surface area contributed by atoms with Crippen molar-refractivity contribution in [3.8, 4) is 0 Å². The summed E-state index contributed by atoms with van der Waals surface area (Å²) in [4.78, 5) is 11.1. The van der Waals surface area contributed by atoms with Crippen LogP contribution in [0.4, 0.5) is 5.95 Å². The number of hydrogen-bond acceptors (Lipinski definition) is 4. The molecule has 0 amide bonds. The van der Waals surface area contributed by atoms with Crippen LogP contribution < -0.4 is 10.2 Å². The summed E-state index contributed by atoms with van der Waals surface area (Å²) in [6.45, 7) is 4.73. The molecule has 3 rings (SSSR count). The summed E-state index contributed by atoms with van der Waals surface area (Å²) in [5.41, 5.74) is 2.23. The maximum atomic E-state index is 6.21. The summed E-state index contributed by atoms with van der Waals surface area (Å²) in [5, 5.41) is 4.93. The monoisotopic (exact) mass is 350 g/mol. The average Bonchev–Trinajstić information content (AvgIpc) is 3.03. The number of nitrogens with zero attached hydrogens (tertiary/aromatic N) is 3. The first kappa shape index (κ1) is 16.5. The van der Waals surface area contributed by atoms with Crippen molar-refractivity contribution < 1.29 is 0 Å². The highest BCUT2D eigenvalue weighted by Gasteiger charge is 2.24. The van der Waals surface area contributed by atoms with E-state index >= 15 is 0 Å². The van der Waals surface area contributed by atoms with Gasteiger partial charge in [0.05, 0.1) is 0 Å². The second kappa shape index (κ2) is 7.47. The van der Waals surface area contributed by atoms with Gasteiger partial charge in [-0.1, -0.05) is 36.2 Å². The number of halogens is 2. The normalized spacial score (nSPS) is 17.7. The quantitative estimate of drug-likeness (QED) is 0.892. The van der Waals surface area contributed by atoms with Gasteiger partial charge in [0, 0.05) is 48.1 Å². The minimum Gasteiger partial charge on any atom is -0.339 e. The Kier molecular flexibility index (Phi) is 5.36. The van der Waals surface area contributed by atoms with Gasteiger partial charge < -0.3 is 10.2 Å². The zero-order valence-corrected chi connectivity index (χ0v) is 14.6. The molecule has 0 radical (unpaired) electrons. The van der Waals surface area contributed by atoms with Crippen molar-refractivity contribution in [3.63, 3.8) is 0 Å². The summed E-state index contributed by atoms with van der Waals surface area (Å²) in [7, 11) is 0. The van der Waals surface area contributed by atoms with E-state index in [0.717, 1.165) is 44.0 Å². The second-order valence-corrected chi connectivity index (χ2v) is 6.64. The Morgan fingerprint density at radius 2 is 2.04 bits per heavy atom. The fourth-order valence-electron chi connectivity index (χ4n) is 2.72. The highest BCUT2D eigenvalue weighted by molar-refractivity contribution is 6.35. The molecule has 1 N–H and O–H groups in total. The van der Waals surface area contributed by atoms with Crippen molar-refractivity contribution in [2.75, 3.05) is 18.0 Å². The fraction of sp³-hybridized carbons (Fsp3) is 0.412. The van der Waals surface area contributed by atoms with Gasteiger partial charge in [0.15, 0.2) is 0 Å². The number of rotatable bonds is 5. The molecule has 1 saturated heterocycles. The molecule has 2 aromatic rings. The molecule has 6 heteroatoms. The van der Waals surface area contributed by atoms with Gasteiger partial charge in [0.25, 0.3) is 0 Å². The molecule has 0 aliphatic carbocycles. The van der Waals surface area contributed by atoms with E-state index in [1.807, 2.05) is 24.5 Å². The van der Waals surface area contributed by atoms with Crippen molar-refractivity contribution in [2.24, 2.45) is 0 Å². The van der Waals surface area contributed by atoms with Crippen molar-refractivity contribution in [1.29, 1.82) is 0 Å². The van der Waals surface area contributed by atoms with Crippen LogP contribution in [0.3, 0.4) is 0 Å². The molecule has 1 aliphatic rings. The van der Waals surface area contributed by atoms with Gasteiger partial charge in [0.1, 0.15) is 0 Å². The summed E-state index contributed by atoms with van der Waals surface area (Å²) in [6, 6.07) is 6.03. The molecule has 0 bridgehead atoms. The molecule has 1 aromatic carbocycles. The summed E-state index contributed by atoms with van der Waals surface area (Å²) in [6.07, 6.45) is 5.86. The van der Waals surface area contributed by atoms with Crippen LogP contribution in [0.15, 0.2) is 30.6 Å². The second-order valence-electron chi connectivity index (χ2n) is 5.79. The first-order valence-electron chi connectivity index (χ1n) is 7.89. The van der Waals surface area contributed by atoms with Crippen LogP contribution in [0, 0.1) is 0 Å². The molecular formula is C17H20Cl2N4. The Bertz CT molecular complexity index is 660. The highest BCUT2D eigenvalue weighted by Crippen LogP contribution is 2.22. The van der Waals surface area contributed by atoms with E-state index in [9.17, 15) is 0 Å². The van der Waals surface area contributed by atoms with E-state index in [2.05, 4.69) is 27.1 Å². The number of benzene rings is 1. The SMILES string of the molecule is CCc1cnc(N2CC[C@H](NCc3ccc(Cl)cc3Cl)C2)nc1. The van der Waals surface area contributed by atoms with Gasteiger partial charge in [-0.3, -0.25) is 0 Å². The Balaban J connectivity index is 1.55. The third-order valence-corrected chi connectivity index (χ3v) is 4.75. The molecule has 1 aliphatic heterocycles. The zero-order valence-electron chi connectivity index (χ0n) is 13.1. The standard InChI is InChI=1S/C17H20Cl2N4/c1-2-12-8-21-17(22-9-12)23-6-5-15(11-23)20-10-13-3-4-14(18)7-16(13)19/h3-4,7-9,15,20H,2,5-6,10-11H2,1H3/t15-/m0/s1. The number of aromatic nitrogens is 2. The first-order chi connectivity index (χ1) is 11.2. The van der Waals surface area contributed by atoms with Gasteiger partial charge in [-0.25, -0.2) is 9.97 Å². The van der Waals surface area contributed by atoms with Crippen molar-refractivity contribution >= 4 is 29.2 Å². The molecule has 0 spiro atoms. The van der Waals surface area contributed by atoms with Crippen LogP contribution in [-0.2, 0) is 13.0 Å². The Hall–Kier alpha value is -1.36. The van der Waals surface area contributed by atoms with Gasteiger partial charge >= 0.3 is 0 Å². The van der Waals surface area contributed by atoms with E-state index in [4.69, 9.17) is 23.2 Å². The lowest BCUT2D eigenvalue weighted by Gasteiger charge is -2.17. The Labute approximate surface area is 146 Å². The van der Waals surface area contributed by atoms with Crippen LogP contribution in [0.5, 0.6) is 0 Å². The topological polar surface area (TPSA) is 41.1 Å². The van der Waals surface area contributed by atoms with Crippen LogP contribution >= 0.6 is 23.2 Å². The summed E-state index contributed by atoms with van der Waals surface area (Å²) >= 11 is 12.1. The third-order valence-electron chi connectivity index (χ3n) is 4.17. The predicted molar refractivity (Wildman–Crippen MR) is 95.3 cm³/mol. The smallest absolute Gasteiger partial charge is 0.225 e. The van der Waals surface area contributed by atoms with Gasteiger partial charge in [0.2, 0.25) is 5.95 Å². The van der Waals surface area contributed by atoms with E-state index < -0.39 is 0 Å². The molecule has 23 heavy (non-hydrogen) atoms. The molecule has 2 heterocycles. The van der Waals surface area contributed by atoms with Crippen molar-refractivity contribution in [2.45, 2.75) is 32.4 Å². The Morgan fingerprint density at radius 3 is 2.74 bits per heavy atom. The van der Waals surface area contributed by atoms with Gasteiger partial charge in [-0.2, -0.15) is 0 Å². The minimum atomic E-state index is 0.413. The summed E-state index contributed by atoms with van der Waals surface area (Å²) < 4.78 is 0. The third kappa shape index (κ3) is 4.14. The number of aryl methyl sites for hydroxylation is 1. The van der Waals surface area contributed by atoms with Gasteiger partial charge in [-0.05, 0) is 36.1 Å². The van der Waals surface area contributed by atoms with Crippen molar-refractivity contribution in [3.05, 3.63) is 51.8 Å². The molecule has 0 unspecified atom stereocenters. The zero-order chi connectivity index (χ0) is 16.2. The molecular weight excluding hydrogens is 331 g/mol. The molecule has 1 aromatic heterocycles. The average molecular weight is 351 g/mol. The van der Waals surface area contributed by atoms with Crippen LogP contribution in [0.2, 0.25) is 10.0 Å². The highest BCUT2D eigenvalue weighted by atomic mass is 35.5.